The molecule has 3 nitrogen and oxygen atoms in total. The molecular formula is C26H40N2O. The minimum atomic E-state index is 0.333. The lowest BCUT2D eigenvalue weighted by molar-refractivity contribution is 0.108. The van der Waals surface area contributed by atoms with Gasteiger partial charge < -0.3 is 10.0 Å². The van der Waals surface area contributed by atoms with Crippen LogP contribution in [0.3, 0.4) is 0 Å². The van der Waals surface area contributed by atoms with Crippen molar-refractivity contribution in [2.75, 3.05) is 19.6 Å². The number of hydrogen-bond acceptors (Lipinski definition) is 3. The van der Waals surface area contributed by atoms with Gasteiger partial charge in [-0.1, -0.05) is 46.0 Å². The summed E-state index contributed by atoms with van der Waals surface area (Å²) in [6, 6.07) is 7.63. The number of unbranched alkanes of at least 4 members (excludes halogenated alkanes) is 4. The van der Waals surface area contributed by atoms with Crippen LogP contribution < -0.4 is 0 Å². The number of nitrogens with zero attached hydrogens (tertiary/aromatic N) is 2. The van der Waals surface area contributed by atoms with Gasteiger partial charge in [0.2, 0.25) is 0 Å². The summed E-state index contributed by atoms with van der Waals surface area (Å²) in [6.07, 6.45) is 15.1. The summed E-state index contributed by atoms with van der Waals surface area (Å²) in [6.45, 7) is 8.57. The number of likely N-dealkylation sites (tertiary alicyclic amines) is 1. The minimum absolute atomic E-state index is 0.333. The molecule has 0 saturated carbocycles. The first-order valence-electron chi connectivity index (χ1n) is 12.0. The number of aryl methyl sites for hydroxylation is 1. The van der Waals surface area contributed by atoms with E-state index in [-0.39, 0.29) is 0 Å². The van der Waals surface area contributed by atoms with Crippen LogP contribution in [0, 0.1) is 11.8 Å². The largest absolute Gasteiger partial charge is 0.508 e. The summed E-state index contributed by atoms with van der Waals surface area (Å²) in [7, 11) is 0. The van der Waals surface area contributed by atoms with Crippen LogP contribution in [-0.2, 0) is 6.42 Å². The fourth-order valence-electron chi connectivity index (χ4n) is 5.10. The van der Waals surface area contributed by atoms with Crippen LogP contribution in [0.5, 0.6) is 5.75 Å². The first-order chi connectivity index (χ1) is 14.2. The number of aromatic hydroxyl groups is 1. The average Bonchev–Trinajstić information content (AvgIpc) is 2.74. The number of hydrogen-bond donors (Lipinski definition) is 1. The number of piperidine rings is 1. The van der Waals surface area contributed by atoms with Crippen LogP contribution in [0.2, 0.25) is 0 Å². The Balaban J connectivity index is 1.46. The molecular weight excluding hydrogens is 356 g/mol. The molecule has 2 heterocycles. The summed E-state index contributed by atoms with van der Waals surface area (Å²) >= 11 is 0. The third kappa shape index (κ3) is 6.44. The van der Waals surface area contributed by atoms with E-state index in [4.69, 9.17) is 0 Å². The molecule has 1 aliphatic rings. The van der Waals surface area contributed by atoms with Crippen molar-refractivity contribution in [3.05, 3.63) is 36.0 Å². The highest BCUT2D eigenvalue weighted by Crippen LogP contribution is 2.31. The zero-order chi connectivity index (χ0) is 20.5. The Morgan fingerprint density at radius 3 is 2.72 bits per heavy atom. The van der Waals surface area contributed by atoms with Gasteiger partial charge in [-0.05, 0) is 86.9 Å². The number of phenolic OH excluding ortho intramolecular Hbond substituents is 1. The Labute approximate surface area is 177 Å². The van der Waals surface area contributed by atoms with Crippen molar-refractivity contribution in [3.8, 4) is 5.75 Å². The van der Waals surface area contributed by atoms with Gasteiger partial charge in [-0.15, -0.1) is 0 Å². The first kappa shape index (κ1) is 22.1. The number of rotatable bonds is 11. The van der Waals surface area contributed by atoms with Crippen LogP contribution in [0.15, 0.2) is 30.5 Å². The predicted molar refractivity (Wildman–Crippen MR) is 123 cm³/mol. The molecule has 1 saturated heterocycles. The smallest absolute Gasteiger partial charge is 0.116 e. The molecule has 0 unspecified atom stereocenters. The van der Waals surface area contributed by atoms with E-state index in [1.165, 1.54) is 83.0 Å². The van der Waals surface area contributed by atoms with E-state index in [9.17, 15) is 5.11 Å². The number of fused-ring (bicyclic) bond motifs is 1. The lowest BCUT2D eigenvalue weighted by Gasteiger charge is -2.38. The third-order valence-corrected chi connectivity index (χ3v) is 6.91. The quantitative estimate of drug-likeness (QED) is 0.436. The second kappa shape index (κ2) is 11.5. The van der Waals surface area contributed by atoms with E-state index in [0.717, 1.165) is 29.2 Å². The summed E-state index contributed by atoms with van der Waals surface area (Å²) in [5, 5.41) is 11.0. The van der Waals surface area contributed by atoms with Crippen LogP contribution in [0.25, 0.3) is 10.9 Å². The topological polar surface area (TPSA) is 36.4 Å². The van der Waals surface area contributed by atoms with Gasteiger partial charge in [-0.2, -0.15) is 0 Å². The molecule has 160 valence electrons. The highest BCUT2D eigenvalue weighted by molar-refractivity contribution is 5.83. The van der Waals surface area contributed by atoms with Crippen LogP contribution in [0.4, 0.5) is 0 Å². The Kier molecular flexibility index (Phi) is 8.79. The van der Waals surface area contributed by atoms with E-state index >= 15 is 0 Å². The average molecular weight is 397 g/mol. The van der Waals surface area contributed by atoms with E-state index in [2.05, 4.69) is 29.8 Å². The van der Waals surface area contributed by atoms with Crippen molar-refractivity contribution in [1.82, 2.24) is 9.88 Å². The summed E-state index contributed by atoms with van der Waals surface area (Å²) in [5.74, 6) is 2.07. The molecule has 1 aromatic carbocycles. The number of pyridine rings is 1. The fraction of sp³-hybridized carbons (Fsp3) is 0.654. The molecule has 2 aromatic rings. The standard InChI is InChI=1S/C26H40N2O/c1-3-5-6-7-8-17-28-18-15-22(21(4-2)20-28)10-9-11-23-14-16-27-26-13-12-24(29)19-25(23)26/h12-14,16,19,21-22,29H,3-11,15,17-18,20H2,1-2H3/t21-,22+/m0/s1. The van der Waals surface area contributed by atoms with Gasteiger partial charge in [0.1, 0.15) is 5.75 Å². The predicted octanol–water partition coefficient (Wildman–Crippen LogP) is 6.58. The van der Waals surface area contributed by atoms with Gasteiger partial charge in [-0.3, -0.25) is 4.98 Å². The fourth-order valence-corrected chi connectivity index (χ4v) is 5.10. The Hall–Kier alpha value is -1.61. The summed E-state index contributed by atoms with van der Waals surface area (Å²) < 4.78 is 0. The third-order valence-electron chi connectivity index (χ3n) is 6.91. The molecule has 1 aliphatic heterocycles. The molecule has 1 aromatic heterocycles. The van der Waals surface area contributed by atoms with Crippen molar-refractivity contribution in [3.63, 3.8) is 0 Å². The van der Waals surface area contributed by atoms with Gasteiger partial charge >= 0.3 is 0 Å². The molecule has 3 rings (SSSR count). The van der Waals surface area contributed by atoms with Crippen molar-refractivity contribution in [2.24, 2.45) is 11.8 Å². The maximum absolute atomic E-state index is 9.85. The monoisotopic (exact) mass is 396 g/mol. The van der Waals surface area contributed by atoms with Gasteiger partial charge in [-0.25, -0.2) is 0 Å². The second-order valence-corrected chi connectivity index (χ2v) is 9.00. The zero-order valence-electron chi connectivity index (χ0n) is 18.6. The minimum Gasteiger partial charge on any atom is -0.508 e. The van der Waals surface area contributed by atoms with Crippen molar-refractivity contribution >= 4 is 10.9 Å². The number of phenols is 1. The van der Waals surface area contributed by atoms with E-state index in [1.807, 2.05) is 18.3 Å². The second-order valence-electron chi connectivity index (χ2n) is 9.00. The normalized spacial score (nSPS) is 20.3. The molecule has 1 fully saturated rings. The Morgan fingerprint density at radius 2 is 1.90 bits per heavy atom. The van der Waals surface area contributed by atoms with Crippen molar-refractivity contribution in [2.45, 2.75) is 78.1 Å². The summed E-state index contributed by atoms with van der Waals surface area (Å²) in [5.41, 5.74) is 2.31. The lowest BCUT2D eigenvalue weighted by Crippen LogP contribution is -2.40. The molecule has 0 aliphatic carbocycles. The highest BCUT2D eigenvalue weighted by atomic mass is 16.3. The SMILES string of the molecule is CCCCCCCN1CC[C@@H](CCCc2ccnc3ccc(O)cc23)[C@@H](CC)C1. The Bertz CT molecular complexity index is 745. The highest BCUT2D eigenvalue weighted by Gasteiger charge is 2.27. The van der Waals surface area contributed by atoms with Gasteiger partial charge in [0.05, 0.1) is 5.52 Å². The molecule has 3 heteroatoms. The number of aromatic nitrogens is 1. The molecule has 0 radical (unpaired) electrons. The molecule has 0 amide bonds. The van der Waals surface area contributed by atoms with E-state index < -0.39 is 0 Å². The van der Waals surface area contributed by atoms with Crippen molar-refractivity contribution < 1.29 is 5.11 Å². The number of benzene rings is 1. The molecule has 29 heavy (non-hydrogen) atoms. The van der Waals surface area contributed by atoms with Gasteiger partial charge in [0, 0.05) is 18.1 Å². The molecule has 2 atom stereocenters. The van der Waals surface area contributed by atoms with Crippen LogP contribution in [-0.4, -0.2) is 34.6 Å². The van der Waals surface area contributed by atoms with Crippen LogP contribution >= 0.6 is 0 Å². The maximum atomic E-state index is 9.85. The van der Waals surface area contributed by atoms with Crippen LogP contribution in [0.1, 0.15) is 77.2 Å². The van der Waals surface area contributed by atoms with E-state index in [1.54, 1.807) is 6.07 Å². The zero-order valence-corrected chi connectivity index (χ0v) is 18.6. The molecule has 0 bridgehead atoms. The van der Waals surface area contributed by atoms with Crippen molar-refractivity contribution in [1.29, 1.82) is 0 Å². The van der Waals surface area contributed by atoms with Gasteiger partial charge in [0.25, 0.3) is 0 Å². The lowest BCUT2D eigenvalue weighted by atomic mass is 9.80. The first-order valence-corrected chi connectivity index (χ1v) is 12.0. The Morgan fingerprint density at radius 1 is 1.03 bits per heavy atom. The molecule has 0 spiro atoms. The molecule has 1 N–H and O–H groups in total. The maximum Gasteiger partial charge on any atom is 0.116 e. The summed E-state index contributed by atoms with van der Waals surface area (Å²) in [4.78, 5) is 7.17. The van der Waals surface area contributed by atoms with E-state index in [0.29, 0.717) is 5.75 Å². The van der Waals surface area contributed by atoms with Gasteiger partial charge in [0.15, 0.2) is 0 Å².